The molecule has 2 heterocycles. The van der Waals surface area contributed by atoms with Crippen molar-refractivity contribution in [1.29, 1.82) is 0 Å². The Morgan fingerprint density at radius 1 is 1.18 bits per heavy atom. The SMILES string of the molecule is O=C1/C(=C/C=C/c2ccccc2)SC(=S)N1Cc1ccco1. The first-order valence-corrected chi connectivity index (χ1v) is 7.96. The molecule has 3 rings (SSSR count). The molecule has 0 atom stereocenters. The van der Waals surface area contributed by atoms with Gasteiger partial charge < -0.3 is 4.42 Å². The van der Waals surface area contributed by atoms with E-state index in [9.17, 15) is 4.79 Å². The van der Waals surface area contributed by atoms with E-state index in [-0.39, 0.29) is 5.91 Å². The summed E-state index contributed by atoms with van der Waals surface area (Å²) >= 11 is 6.59. The zero-order valence-electron chi connectivity index (χ0n) is 11.6. The van der Waals surface area contributed by atoms with E-state index >= 15 is 0 Å². The van der Waals surface area contributed by atoms with E-state index in [0.29, 0.717) is 15.8 Å². The third-order valence-corrected chi connectivity index (χ3v) is 4.50. The molecule has 1 fully saturated rings. The maximum Gasteiger partial charge on any atom is 0.266 e. The average Bonchev–Trinajstić information content (AvgIpc) is 3.13. The van der Waals surface area contributed by atoms with Gasteiger partial charge in [0.1, 0.15) is 10.1 Å². The van der Waals surface area contributed by atoms with Crippen LogP contribution in [0.2, 0.25) is 0 Å². The lowest BCUT2D eigenvalue weighted by Crippen LogP contribution is -2.27. The Balaban J connectivity index is 1.70. The molecule has 0 saturated carbocycles. The van der Waals surface area contributed by atoms with Gasteiger partial charge >= 0.3 is 0 Å². The van der Waals surface area contributed by atoms with Gasteiger partial charge in [0.2, 0.25) is 0 Å². The van der Waals surface area contributed by atoms with Crippen molar-refractivity contribution in [3.8, 4) is 0 Å². The summed E-state index contributed by atoms with van der Waals surface area (Å²) in [5.41, 5.74) is 1.09. The van der Waals surface area contributed by atoms with Gasteiger partial charge in [-0.15, -0.1) is 0 Å². The molecule has 0 bridgehead atoms. The van der Waals surface area contributed by atoms with Crippen LogP contribution < -0.4 is 0 Å². The fourth-order valence-electron chi connectivity index (χ4n) is 2.02. The van der Waals surface area contributed by atoms with Crippen molar-refractivity contribution in [3.63, 3.8) is 0 Å². The van der Waals surface area contributed by atoms with E-state index in [4.69, 9.17) is 16.6 Å². The van der Waals surface area contributed by atoms with Crippen molar-refractivity contribution in [2.24, 2.45) is 0 Å². The van der Waals surface area contributed by atoms with Crippen molar-refractivity contribution in [3.05, 3.63) is 77.1 Å². The number of furan rings is 1. The minimum atomic E-state index is -0.0795. The van der Waals surface area contributed by atoms with Crippen molar-refractivity contribution in [1.82, 2.24) is 4.90 Å². The Kier molecular flexibility index (Phi) is 4.56. The first kappa shape index (κ1) is 14.8. The molecule has 2 aromatic rings. The smallest absolute Gasteiger partial charge is 0.266 e. The van der Waals surface area contributed by atoms with Crippen LogP contribution in [-0.2, 0) is 11.3 Å². The zero-order chi connectivity index (χ0) is 15.4. The van der Waals surface area contributed by atoms with Gasteiger partial charge in [0.15, 0.2) is 0 Å². The largest absolute Gasteiger partial charge is 0.467 e. The summed E-state index contributed by atoms with van der Waals surface area (Å²) in [5.74, 6) is 0.640. The molecule has 1 aliphatic heterocycles. The number of carbonyl (C=O) groups is 1. The maximum absolute atomic E-state index is 12.4. The number of amides is 1. The second-order valence-corrected chi connectivity index (χ2v) is 6.32. The molecule has 3 nitrogen and oxygen atoms in total. The van der Waals surface area contributed by atoms with Crippen LogP contribution in [0.15, 0.2) is 70.2 Å². The molecule has 1 aromatic heterocycles. The molecule has 0 radical (unpaired) electrons. The van der Waals surface area contributed by atoms with Crippen molar-refractivity contribution >= 4 is 40.3 Å². The van der Waals surface area contributed by atoms with Crippen LogP contribution in [0.4, 0.5) is 0 Å². The van der Waals surface area contributed by atoms with Crippen LogP contribution in [0.5, 0.6) is 0 Å². The molecule has 5 heteroatoms. The molecule has 1 saturated heterocycles. The third-order valence-electron chi connectivity index (χ3n) is 3.10. The van der Waals surface area contributed by atoms with E-state index in [1.807, 2.05) is 48.6 Å². The number of thiocarbonyl (C=S) groups is 1. The lowest BCUT2D eigenvalue weighted by molar-refractivity contribution is -0.122. The van der Waals surface area contributed by atoms with Crippen LogP contribution in [0.1, 0.15) is 11.3 Å². The van der Waals surface area contributed by atoms with Crippen LogP contribution >= 0.6 is 24.0 Å². The number of rotatable bonds is 4. The molecule has 22 heavy (non-hydrogen) atoms. The molecular weight excluding hydrogens is 314 g/mol. The Morgan fingerprint density at radius 2 is 2.00 bits per heavy atom. The predicted molar refractivity (Wildman–Crippen MR) is 93.0 cm³/mol. The quantitative estimate of drug-likeness (QED) is 0.621. The van der Waals surface area contributed by atoms with E-state index in [1.165, 1.54) is 11.8 Å². The number of benzene rings is 1. The molecule has 110 valence electrons. The van der Waals surface area contributed by atoms with E-state index in [2.05, 4.69) is 0 Å². The zero-order valence-corrected chi connectivity index (χ0v) is 13.3. The molecule has 0 unspecified atom stereocenters. The number of hydrogen-bond donors (Lipinski definition) is 0. The fourth-order valence-corrected chi connectivity index (χ4v) is 3.23. The van der Waals surface area contributed by atoms with Crippen LogP contribution in [0.25, 0.3) is 6.08 Å². The molecule has 1 aliphatic rings. The molecular formula is C17H13NO2S2. The van der Waals surface area contributed by atoms with Crippen molar-refractivity contribution in [2.75, 3.05) is 0 Å². The van der Waals surface area contributed by atoms with Crippen molar-refractivity contribution < 1.29 is 9.21 Å². The molecule has 0 spiro atoms. The standard InChI is InChI=1S/C17H13NO2S2/c19-16-15(10-4-8-13-6-2-1-3-7-13)22-17(21)18(16)12-14-9-5-11-20-14/h1-11H,12H2/b8-4+,15-10-. The second-order valence-electron chi connectivity index (χ2n) is 4.64. The summed E-state index contributed by atoms with van der Waals surface area (Å²) in [4.78, 5) is 14.5. The van der Waals surface area contributed by atoms with E-state index in [0.717, 1.165) is 11.3 Å². The first-order valence-electron chi connectivity index (χ1n) is 6.73. The third kappa shape index (κ3) is 3.37. The summed E-state index contributed by atoms with van der Waals surface area (Å²) in [6.45, 7) is 0.372. The normalized spacial score (nSPS) is 17.1. The van der Waals surface area contributed by atoms with Gasteiger partial charge in [-0.1, -0.05) is 66.5 Å². The Hall–Kier alpha value is -2.11. The summed E-state index contributed by atoms with van der Waals surface area (Å²) < 4.78 is 5.83. The topological polar surface area (TPSA) is 33.5 Å². The van der Waals surface area contributed by atoms with Gasteiger partial charge in [-0.05, 0) is 23.8 Å². The maximum atomic E-state index is 12.4. The Bertz CT molecular complexity index is 733. The number of thioether (sulfide) groups is 1. The molecule has 0 N–H and O–H groups in total. The van der Waals surface area contributed by atoms with Crippen LogP contribution in [0, 0.1) is 0 Å². The predicted octanol–water partition coefficient (Wildman–Crippen LogP) is 4.24. The highest BCUT2D eigenvalue weighted by Gasteiger charge is 2.32. The lowest BCUT2D eigenvalue weighted by Gasteiger charge is -2.11. The number of carbonyl (C=O) groups excluding carboxylic acids is 1. The highest BCUT2D eigenvalue weighted by atomic mass is 32.2. The minimum Gasteiger partial charge on any atom is -0.467 e. The van der Waals surface area contributed by atoms with Crippen LogP contribution in [0.3, 0.4) is 0 Å². The van der Waals surface area contributed by atoms with Gasteiger partial charge in [0.25, 0.3) is 5.91 Å². The lowest BCUT2D eigenvalue weighted by atomic mass is 10.2. The highest BCUT2D eigenvalue weighted by molar-refractivity contribution is 8.26. The molecule has 1 aromatic carbocycles. The van der Waals surface area contributed by atoms with Gasteiger partial charge in [-0.2, -0.15) is 0 Å². The Morgan fingerprint density at radius 3 is 2.73 bits per heavy atom. The van der Waals surface area contributed by atoms with Crippen molar-refractivity contribution in [2.45, 2.75) is 6.54 Å². The minimum absolute atomic E-state index is 0.0795. The summed E-state index contributed by atoms with van der Waals surface area (Å²) in [6.07, 6.45) is 7.22. The number of hydrogen-bond acceptors (Lipinski definition) is 4. The Labute approximate surface area is 138 Å². The summed E-state index contributed by atoms with van der Waals surface area (Å²) in [7, 11) is 0. The second kappa shape index (κ2) is 6.77. The summed E-state index contributed by atoms with van der Waals surface area (Å²) in [5, 5.41) is 0. The van der Waals surface area contributed by atoms with E-state index < -0.39 is 0 Å². The van der Waals surface area contributed by atoms with Gasteiger partial charge in [-0.3, -0.25) is 9.69 Å². The number of nitrogens with zero attached hydrogens (tertiary/aromatic N) is 1. The van der Waals surface area contributed by atoms with E-state index in [1.54, 1.807) is 23.3 Å². The van der Waals surface area contributed by atoms with Gasteiger partial charge in [-0.25, -0.2) is 0 Å². The van der Waals surface area contributed by atoms with Gasteiger partial charge in [0, 0.05) is 0 Å². The monoisotopic (exact) mass is 327 g/mol. The molecule has 1 amide bonds. The van der Waals surface area contributed by atoms with Gasteiger partial charge in [0.05, 0.1) is 17.7 Å². The average molecular weight is 327 g/mol. The first-order chi connectivity index (χ1) is 10.7. The summed E-state index contributed by atoms with van der Waals surface area (Å²) in [6, 6.07) is 13.6. The highest BCUT2D eigenvalue weighted by Crippen LogP contribution is 2.32. The van der Waals surface area contributed by atoms with Crippen LogP contribution in [-0.4, -0.2) is 15.1 Å². The molecule has 0 aliphatic carbocycles. The number of allylic oxidation sites excluding steroid dienone is 2. The fraction of sp³-hybridized carbons (Fsp3) is 0.0588.